The van der Waals surface area contributed by atoms with Gasteiger partial charge >= 0.3 is 6.18 Å². The Morgan fingerprint density at radius 2 is 1.94 bits per heavy atom. The van der Waals surface area contributed by atoms with Gasteiger partial charge in [-0.3, -0.25) is 10.1 Å². The molecule has 0 radical (unpaired) electrons. The van der Waals surface area contributed by atoms with Crippen LogP contribution in [-0.4, -0.2) is 30.7 Å². The molecule has 6 heteroatoms. The van der Waals surface area contributed by atoms with Crippen molar-refractivity contribution in [2.75, 3.05) is 13.1 Å². The van der Waals surface area contributed by atoms with Gasteiger partial charge in [0.2, 0.25) is 5.91 Å². The fraction of sp³-hybridized carbons (Fsp3) is 0.900. The van der Waals surface area contributed by atoms with Crippen molar-refractivity contribution in [2.45, 2.75) is 37.4 Å². The summed E-state index contributed by atoms with van der Waals surface area (Å²) < 4.78 is 37.4. The molecule has 92 valence electrons. The summed E-state index contributed by atoms with van der Waals surface area (Å²) in [5.41, 5.74) is -1.79. The normalized spacial score (nSPS) is 22.9. The van der Waals surface area contributed by atoms with Gasteiger partial charge in [0.1, 0.15) is 5.54 Å². The summed E-state index contributed by atoms with van der Waals surface area (Å²) >= 11 is 0. The number of nitrogens with one attached hydrogen (secondary N) is 2. The topological polar surface area (TPSA) is 41.1 Å². The molecular weight excluding hydrogens is 221 g/mol. The summed E-state index contributed by atoms with van der Waals surface area (Å²) in [5, 5.41) is 4.94. The predicted molar refractivity (Wildman–Crippen MR) is 51.8 cm³/mol. The van der Waals surface area contributed by atoms with Crippen LogP contribution in [0.1, 0.15) is 25.7 Å². The van der Waals surface area contributed by atoms with Crippen LogP contribution in [0.25, 0.3) is 0 Å². The second kappa shape index (κ2) is 3.91. The van der Waals surface area contributed by atoms with Gasteiger partial charge < -0.3 is 5.32 Å². The third-order valence-electron chi connectivity index (χ3n) is 3.16. The van der Waals surface area contributed by atoms with Crippen molar-refractivity contribution in [1.82, 2.24) is 10.6 Å². The average molecular weight is 236 g/mol. The van der Waals surface area contributed by atoms with Gasteiger partial charge in [-0.05, 0) is 31.6 Å². The predicted octanol–water partition coefficient (Wildman–Crippen LogP) is 1.20. The quantitative estimate of drug-likeness (QED) is 0.753. The number of halogens is 3. The molecule has 0 aliphatic heterocycles. The zero-order valence-corrected chi connectivity index (χ0v) is 8.86. The molecule has 0 aromatic carbocycles. The van der Waals surface area contributed by atoms with Crippen LogP contribution in [-0.2, 0) is 4.79 Å². The third kappa shape index (κ3) is 2.66. The first-order valence-electron chi connectivity index (χ1n) is 5.51. The Morgan fingerprint density at radius 1 is 1.31 bits per heavy atom. The molecule has 2 saturated carbocycles. The Labute approximate surface area is 91.8 Å². The zero-order chi connectivity index (χ0) is 11.8. The summed E-state index contributed by atoms with van der Waals surface area (Å²) in [6, 6.07) is 0. The molecule has 2 fully saturated rings. The van der Waals surface area contributed by atoms with Crippen LogP contribution in [0.4, 0.5) is 13.2 Å². The van der Waals surface area contributed by atoms with Gasteiger partial charge in [-0.1, -0.05) is 0 Å². The highest BCUT2D eigenvalue weighted by Crippen LogP contribution is 2.48. The molecule has 0 aromatic rings. The Bertz CT molecular complexity index is 282. The van der Waals surface area contributed by atoms with Crippen molar-refractivity contribution < 1.29 is 18.0 Å². The van der Waals surface area contributed by atoms with E-state index in [1.165, 1.54) is 0 Å². The van der Waals surface area contributed by atoms with E-state index in [2.05, 4.69) is 10.6 Å². The van der Waals surface area contributed by atoms with Gasteiger partial charge in [-0.15, -0.1) is 0 Å². The van der Waals surface area contributed by atoms with E-state index in [0.29, 0.717) is 12.5 Å². The largest absolute Gasteiger partial charge is 0.406 e. The van der Waals surface area contributed by atoms with Crippen molar-refractivity contribution >= 4 is 5.91 Å². The number of hydrogen-bond acceptors (Lipinski definition) is 2. The van der Waals surface area contributed by atoms with Gasteiger partial charge in [-0.25, -0.2) is 0 Å². The molecule has 0 atom stereocenters. The maximum absolute atomic E-state index is 12.5. The highest BCUT2D eigenvalue weighted by Gasteiger charge is 2.63. The fourth-order valence-electron chi connectivity index (χ4n) is 1.58. The summed E-state index contributed by atoms with van der Waals surface area (Å²) in [5.74, 6) is 0.198. The molecule has 2 aliphatic carbocycles. The molecule has 0 saturated heterocycles. The Hall–Kier alpha value is -0.780. The first-order chi connectivity index (χ1) is 7.43. The van der Waals surface area contributed by atoms with E-state index >= 15 is 0 Å². The van der Waals surface area contributed by atoms with Gasteiger partial charge in [0.15, 0.2) is 0 Å². The van der Waals surface area contributed by atoms with E-state index in [-0.39, 0.29) is 25.3 Å². The summed E-state index contributed by atoms with van der Waals surface area (Å²) in [6.45, 7) is 0.353. The minimum Gasteiger partial charge on any atom is -0.355 e. The van der Waals surface area contributed by atoms with Crippen LogP contribution in [0.3, 0.4) is 0 Å². The molecule has 0 bridgehead atoms. The van der Waals surface area contributed by atoms with Crippen LogP contribution in [0.2, 0.25) is 0 Å². The van der Waals surface area contributed by atoms with Crippen LogP contribution in [0.15, 0.2) is 0 Å². The highest BCUT2D eigenvalue weighted by molar-refractivity contribution is 5.78. The highest BCUT2D eigenvalue weighted by atomic mass is 19.4. The van der Waals surface area contributed by atoms with Crippen LogP contribution >= 0.6 is 0 Å². The standard InChI is InChI=1S/C10H15F3N2O/c11-10(12,13)9(3-4-9)15-6-8(16)14-5-7-1-2-7/h7,15H,1-6H2,(H,14,16). The first-order valence-corrected chi connectivity index (χ1v) is 5.51. The summed E-state index contributed by atoms with van der Waals surface area (Å²) in [4.78, 5) is 11.2. The van der Waals surface area contributed by atoms with Gasteiger partial charge in [0, 0.05) is 6.54 Å². The number of rotatable bonds is 5. The molecule has 0 spiro atoms. The van der Waals surface area contributed by atoms with Crippen molar-refractivity contribution in [2.24, 2.45) is 5.92 Å². The second-order valence-electron chi connectivity index (χ2n) is 4.68. The summed E-state index contributed by atoms with van der Waals surface area (Å²) in [7, 11) is 0. The van der Waals surface area contributed by atoms with Crippen molar-refractivity contribution in [3.8, 4) is 0 Å². The lowest BCUT2D eigenvalue weighted by Gasteiger charge is -2.20. The first kappa shape index (κ1) is 11.7. The lowest BCUT2D eigenvalue weighted by atomic mass is 10.2. The lowest BCUT2D eigenvalue weighted by molar-refractivity contribution is -0.166. The SMILES string of the molecule is O=C(CNC1(C(F)(F)F)CC1)NCC1CC1. The van der Waals surface area contributed by atoms with Crippen molar-refractivity contribution in [1.29, 1.82) is 0 Å². The number of amides is 1. The molecule has 1 amide bonds. The smallest absolute Gasteiger partial charge is 0.355 e. The second-order valence-corrected chi connectivity index (χ2v) is 4.68. The molecular formula is C10H15F3N2O. The maximum atomic E-state index is 12.5. The van der Waals surface area contributed by atoms with E-state index < -0.39 is 11.7 Å². The molecule has 2 rings (SSSR count). The van der Waals surface area contributed by atoms with E-state index in [9.17, 15) is 18.0 Å². The third-order valence-corrected chi connectivity index (χ3v) is 3.16. The zero-order valence-electron chi connectivity index (χ0n) is 8.86. The van der Waals surface area contributed by atoms with E-state index in [0.717, 1.165) is 12.8 Å². The Balaban J connectivity index is 1.68. The molecule has 0 unspecified atom stereocenters. The summed E-state index contributed by atoms with van der Waals surface area (Å²) in [6.07, 6.45) is -1.87. The van der Waals surface area contributed by atoms with E-state index in [1.54, 1.807) is 0 Å². The monoisotopic (exact) mass is 236 g/mol. The van der Waals surface area contributed by atoms with Crippen molar-refractivity contribution in [3.63, 3.8) is 0 Å². The molecule has 2 aliphatic rings. The molecule has 2 N–H and O–H groups in total. The Morgan fingerprint density at radius 3 is 2.38 bits per heavy atom. The average Bonchev–Trinajstić information content (AvgIpc) is 3.03. The molecule has 0 heterocycles. The fourth-order valence-corrected chi connectivity index (χ4v) is 1.58. The number of carbonyl (C=O) groups is 1. The van der Waals surface area contributed by atoms with Gasteiger partial charge in [0.25, 0.3) is 0 Å². The number of hydrogen-bond donors (Lipinski definition) is 2. The van der Waals surface area contributed by atoms with Gasteiger partial charge in [0.05, 0.1) is 6.54 Å². The Kier molecular flexibility index (Phi) is 2.86. The molecule has 3 nitrogen and oxygen atoms in total. The minimum absolute atomic E-state index is 0.0758. The maximum Gasteiger partial charge on any atom is 0.406 e. The van der Waals surface area contributed by atoms with E-state index in [4.69, 9.17) is 0 Å². The van der Waals surface area contributed by atoms with Crippen LogP contribution < -0.4 is 10.6 Å². The number of carbonyl (C=O) groups excluding carboxylic acids is 1. The van der Waals surface area contributed by atoms with Crippen LogP contribution in [0.5, 0.6) is 0 Å². The van der Waals surface area contributed by atoms with Gasteiger partial charge in [-0.2, -0.15) is 13.2 Å². The lowest BCUT2D eigenvalue weighted by Crippen LogP contribution is -2.49. The molecule has 0 aromatic heterocycles. The van der Waals surface area contributed by atoms with Crippen molar-refractivity contribution in [3.05, 3.63) is 0 Å². The van der Waals surface area contributed by atoms with E-state index in [1.807, 2.05) is 0 Å². The molecule has 16 heavy (non-hydrogen) atoms. The number of alkyl halides is 3. The van der Waals surface area contributed by atoms with Crippen LogP contribution in [0, 0.1) is 5.92 Å². The minimum atomic E-state index is -4.25.